The molecule has 0 fully saturated rings. The Bertz CT molecular complexity index is 1200. The fraction of sp³-hybridized carbons (Fsp3) is 0.0455. The van der Waals surface area contributed by atoms with Crippen LogP contribution in [0.15, 0.2) is 77.6 Å². The van der Waals surface area contributed by atoms with E-state index in [9.17, 15) is 15.0 Å². The summed E-state index contributed by atoms with van der Waals surface area (Å²) < 4.78 is 1.88. The lowest BCUT2D eigenvalue weighted by atomic mass is 10.1. The molecule has 134 valence electrons. The number of phenolic OH excluding ortho intramolecular Hbond substituents is 2. The molecule has 0 atom stereocenters. The summed E-state index contributed by atoms with van der Waals surface area (Å²) in [5.41, 5.74) is 2.45. The van der Waals surface area contributed by atoms with Gasteiger partial charge in [-0.2, -0.15) is 0 Å². The molecule has 1 aromatic heterocycles. The number of fused-ring (bicyclic) bond motifs is 1. The van der Waals surface area contributed by atoms with Gasteiger partial charge in [-0.25, -0.2) is 0 Å². The molecule has 1 heterocycles. The average Bonchev–Trinajstić information content (AvgIpc) is 2.64. The van der Waals surface area contributed by atoms with Crippen LogP contribution in [0.25, 0.3) is 22.2 Å². The van der Waals surface area contributed by atoms with Crippen LogP contribution >= 0.6 is 11.6 Å². The van der Waals surface area contributed by atoms with E-state index in [2.05, 4.69) is 0 Å². The van der Waals surface area contributed by atoms with Crippen LogP contribution in [-0.2, 0) is 6.54 Å². The molecule has 4 aromatic rings. The molecule has 0 unspecified atom stereocenters. The number of aromatic hydroxyl groups is 2. The molecule has 0 radical (unpaired) electrons. The second-order valence-electron chi connectivity index (χ2n) is 6.30. The monoisotopic (exact) mass is 377 g/mol. The molecule has 0 aliphatic heterocycles. The Hall–Kier alpha value is -3.24. The van der Waals surface area contributed by atoms with Gasteiger partial charge in [0.25, 0.3) is 0 Å². The van der Waals surface area contributed by atoms with Crippen molar-refractivity contribution in [2.24, 2.45) is 0 Å². The number of rotatable bonds is 3. The molecular weight excluding hydrogens is 362 g/mol. The van der Waals surface area contributed by atoms with Gasteiger partial charge >= 0.3 is 0 Å². The van der Waals surface area contributed by atoms with Gasteiger partial charge in [-0.05, 0) is 11.6 Å². The van der Waals surface area contributed by atoms with Crippen molar-refractivity contribution in [1.29, 1.82) is 0 Å². The first kappa shape index (κ1) is 17.2. The van der Waals surface area contributed by atoms with Gasteiger partial charge in [-0.1, -0.05) is 60.1 Å². The Morgan fingerprint density at radius 1 is 0.889 bits per heavy atom. The van der Waals surface area contributed by atoms with E-state index in [1.165, 1.54) is 18.2 Å². The molecule has 3 aromatic carbocycles. The summed E-state index contributed by atoms with van der Waals surface area (Å²) in [6.07, 6.45) is 0. The van der Waals surface area contributed by atoms with Crippen LogP contribution in [0.5, 0.6) is 11.5 Å². The van der Waals surface area contributed by atoms with E-state index in [0.717, 1.165) is 5.56 Å². The molecular formula is C22H16ClNO3. The van der Waals surface area contributed by atoms with Crippen molar-refractivity contribution in [2.45, 2.75) is 6.54 Å². The Labute approximate surface area is 160 Å². The highest BCUT2D eigenvalue weighted by Gasteiger charge is 2.16. The van der Waals surface area contributed by atoms with Crippen LogP contribution in [0, 0.1) is 0 Å². The highest BCUT2D eigenvalue weighted by molar-refractivity contribution is 6.33. The van der Waals surface area contributed by atoms with Gasteiger partial charge in [-0.3, -0.25) is 4.79 Å². The maximum absolute atomic E-state index is 12.7. The van der Waals surface area contributed by atoms with Gasteiger partial charge in [0.2, 0.25) is 0 Å². The molecule has 27 heavy (non-hydrogen) atoms. The Balaban J connectivity index is 2.09. The third kappa shape index (κ3) is 3.15. The summed E-state index contributed by atoms with van der Waals surface area (Å²) >= 11 is 6.39. The van der Waals surface area contributed by atoms with E-state index < -0.39 is 0 Å². The van der Waals surface area contributed by atoms with E-state index in [1.54, 1.807) is 6.07 Å². The zero-order chi connectivity index (χ0) is 19.0. The number of aromatic nitrogens is 1. The van der Waals surface area contributed by atoms with Gasteiger partial charge in [0.15, 0.2) is 5.43 Å². The minimum atomic E-state index is -0.332. The summed E-state index contributed by atoms with van der Waals surface area (Å²) in [5, 5.41) is 20.9. The summed E-state index contributed by atoms with van der Waals surface area (Å²) in [4.78, 5) is 12.7. The minimum Gasteiger partial charge on any atom is -0.508 e. The molecule has 0 saturated carbocycles. The maximum atomic E-state index is 12.7. The van der Waals surface area contributed by atoms with Crippen molar-refractivity contribution in [1.82, 2.24) is 4.57 Å². The number of hydrogen-bond donors (Lipinski definition) is 2. The molecule has 4 nitrogen and oxygen atoms in total. The quantitative estimate of drug-likeness (QED) is 0.540. The summed E-state index contributed by atoms with van der Waals surface area (Å²) in [5.74, 6) is -0.361. The second-order valence-corrected chi connectivity index (χ2v) is 6.71. The molecule has 2 N–H and O–H groups in total. The zero-order valence-electron chi connectivity index (χ0n) is 14.3. The minimum absolute atomic E-state index is 0.113. The smallest absolute Gasteiger partial charge is 0.193 e. The highest BCUT2D eigenvalue weighted by Crippen LogP contribution is 2.33. The lowest BCUT2D eigenvalue weighted by molar-refractivity contribution is 0.454. The first-order chi connectivity index (χ1) is 13.0. The van der Waals surface area contributed by atoms with Gasteiger partial charge in [-0.15, -0.1) is 0 Å². The lowest BCUT2D eigenvalue weighted by Crippen LogP contribution is -2.13. The van der Waals surface area contributed by atoms with E-state index in [1.807, 2.05) is 53.1 Å². The molecule has 0 aliphatic rings. The molecule has 5 heteroatoms. The molecule has 4 rings (SSSR count). The third-order valence-electron chi connectivity index (χ3n) is 4.51. The number of phenols is 2. The number of hydrogen-bond acceptors (Lipinski definition) is 3. The first-order valence-electron chi connectivity index (χ1n) is 8.43. The van der Waals surface area contributed by atoms with E-state index in [4.69, 9.17) is 11.6 Å². The number of halogens is 1. The summed E-state index contributed by atoms with van der Waals surface area (Å²) in [7, 11) is 0. The zero-order valence-corrected chi connectivity index (χ0v) is 15.0. The van der Waals surface area contributed by atoms with Gasteiger partial charge < -0.3 is 14.8 Å². The van der Waals surface area contributed by atoms with Crippen molar-refractivity contribution in [2.75, 3.05) is 0 Å². The second kappa shape index (κ2) is 6.82. The topological polar surface area (TPSA) is 62.5 Å². The van der Waals surface area contributed by atoms with Gasteiger partial charge in [0, 0.05) is 35.3 Å². The van der Waals surface area contributed by atoms with Crippen LogP contribution in [0.1, 0.15) is 5.56 Å². The Morgan fingerprint density at radius 2 is 1.59 bits per heavy atom. The Morgan fingerprint density at radius 3 is 2.33 bits per heavy atom. The largest absolute Gasteiger partial charge is 0.508 e. The van der Waals surface area contributed by atoms with E-state index >= 15 is 0 Å². The predicted molar refractivity (Wildman–Crippen MR) is 108 cm³/mol. The standard InChI is InChI=1S/C22H16ClNO3/c23-17-9-5-4-8-16(17)18-12-21(27)22-19(10-15(25)11-20(22)26)24(18)13-14-6-2-1-3-7-14/h1-12,25-26H,13H2. The van der Waals surface area contributed by atoms with E-state index in [0.29, 0.717) is 28.3 Å². The summed E-state index contributed by atoms with van der Waals surface area (Å²) in [6, 6.07) is 21.2. The van der Waals surface area contributed by atoms with Crippen LogP contribution in [0.3, 0.4) is 0 Å². The van der Waals surface area contributed by atoms with Crippen molar-refractivity contribution in [3.63, 3.8) is 0 Å². The molecule has 0 saturated heterocycles. The molecule has 0 bridgehead atoms. The van der Waals surface area contributed by atoms with Crippen molar-refractivity contribution in [3.05, 3.63) is 93.6 Å². The van der Waals surface area contributed by atoms with Crippen LogP contribution in [-0.4, -0.2) is 14.8 Å². The molecule has 0 amide bonds. The molecule has 0 aliphatic carbocycles. The number of pyridine rings is 1. The maximum Gasteiger partial charge on any atom is 0.193 e. The van der Waals surface area contributed by atoms with Crippen molar-refractivity contribution < 1.29 is 10.2 Å². The number of nitrogens with zero attached hydrogens (tertiary/aromatic N) is 1. The fourth-order valence-corrected chi connectivity index (χ4v) is 3.53. The predicted octanol–water partition coefficient (Wildman–Crippen LogP) is 4.78. The first-order valence-corrected chi connectivity index (χ1v) is 8.81. The van der Waals surface area contributed by atoms with Crippen molar-refractivity contribution in [3.8, 4) is 22.8 Å². The third-order valence-corrected chi connectivity index (χ3v) is 4.84. The van der Waals surface area contributed by atoms with Crippen LogP contribution in [0.4, 0.5) is 0 Å². The average molecular weight is 378 g/mol. The lowest BCUT2D eigenvalue weighted by Gasteiger charge is -2.19. The Kier molecular flexibility index (Phi) is 4.34. The fourth-order valence-electron chi connectivity index (χ4n) is 3.30. The SMILES string of the molecule is O=c1cc(-c2ccccc2Cl)n(Cc2ccccc2)c2cc(O)cc(O)c12. The van der Waals surface area contributed by atoms with Crippen molar-refractivity contribution >= 4 is 22.5 Å². The van der Waals surface area contributed by atoms with Gasteiger partial charge in [0.1, 0.15) is 11.5 Å². The van der Waals surface area contributed by atoms with Gasteiger partial charge in [0.05, 0.1) is 16.6 Å². The van der Waals surface area contributed by atoms with E-state index in [-0.39, 0.29) is 22.3 Å². The normalized spacial score (nSPS) is 11.0. The highest BCUT2D eigenvalue weighted by atomic mass is 35.5. The molecule has 0 spiro atoms. The van der Waals surface area contributed by atoms with Crippen LogP contribution < -0.4 is 5.43 Å². The number of benzene rings is 3. The summed E-state index contributed by atoms with van der Waals surface area (Å²) in [6.45, 7) is 0.446. The van der Waals surface area contributed by atoms with Crippen LogP contribution in [0.2, 0.25) is 5.02 Å².